The molecule has 1 N–H and O–H groups in total. The van der Waals surface area contributed by atoms with Crippen molar-refractivity contribution in [2.24, 2.45) is 11.8 Å². The zero-order valence-corrected chi connectivity index (χ0v) is 18.8. The Kier molecular flexibility index (Phi) is 6.61. The molecule has 2 atom stereocenters. The second-order valence-electron chi connectivity index (χ2n) is 8.42. The third-order valence-corrected chi connectivity index (χ3v) is 6.50. The third-order valence-electron chi connectivity index (χ3n) is 5.52. The highest BCUT2D eigenvalue weighted by Gasteiger charge is 2.26. The molecule has 2 aromatic carbocycles. The quantitative estimate of drug-likeness (QED) is 0.586. The van der Waals surface area contributed by atoms with Gasteiger partial charge in [0.15, 0.2) is 5.16 Å². The number of nitrogens with zero attached hydrogens (tertiary/aromatic N) is 3. The lowest BCUT2D eigenvalue weighted by atomic mass is 9.92. The largest absolute Gasteiger partial charge is 0.341 e. The molecule has 0 bridgehead atoms. The van der Waals surface area contributed by atoms with Gasteiger partial charge in [0.2, 0.25) is 11.8 Å². The first-order valence-corrected chi connectivity index (χ1v) is 11.7. The lowest BCUT2D eigenvalue weighted by molar-refractivity contribution is -0.134. The molecule has 0 saturated carbocycles. The fourth-order valence-corrected chi connectivity index (χ4v) is 5.08. The second kappa shape index (κ2) is 9.56. The number of rotatable bonds is 6. The minimum absolute atomic E-state index is 0.0974. The molecule has 2 unspecified atom stereocenters. The van der Waals surface area contributed by atoms with Gasteiger partial charge in [-0.15, -0.1) is 0 Å². The minimum Gasteiger partial charge on any atom is -0.341 e. The molecule has 7 heteroatoms. The summed E-state index contributed by atoms with van der Waals surface area (Å²) in [6.07, 6.45) is 1.16. The number of benzene rings is 2. The van der Waals surface area contributed by atoms with Crippen LogP contribution in [-0.2, 0) is 16.1 Å². The Hall–Kier alpha value is -2.80. The smallest absolute Gasteiger partial charge is 0.242 e. The highest BCUT2D eigenvalue weighted by Crippen LogP contribution is 2.26. The first-order chi connectivity index (χ1) is 15.0. The Morgan fingerprint density at radius 1 is 1.03 bits per heavy atom. The molecule has 2 heterocycles. The first-order valence-electron chi connectivity index (χ1n) is 10.7. The molecule has 0 spiro atoms. The Balaban J connectivity index is 1.49. The third kappa shape index (κ3) is 5.28. The van der Waals surface area contributed by atoms with Crippen molar-refractivity contribution in [1.29, 1.82) is 0 Å². The van der Waals surface area contributed by atoms with Crippen LogP contribution in [0, 0.1) is 11.8 Å². The normalized spacial score (nSPS) is 18.8. The van der Waals surface area contributed by atoms with Crippen molar-refractivity contribution in [1.82, 2.24) is 14.5 Å². The van der Waals surface area contributed by atoms with Crippen molar-refractivity contribution >= 4 is 40.3 Å². The summed E-state index contributed by atoms with van der Waals surface area (Å²) in [4.78, 5) is 32.2. The molecule has 1 saturated heterocycles. The van der Waals surface area contributed by atoms with Gasteiger partial charge in [-0.2, -0.15) is 0 Å². The summed E-state index contributed by atoms with van der Waals surface area (Å²) < 4.78 is 1.95. The standard InChI is InChI=1S/C24H28N4O2S/c1-17-12-18(2)14-27(13-17)23(30)15-28-21-11-7-6-10-20(21)26-24(28)31-16-22(29)25-19-8-4-3-5-9-19/h3-11,17-18H,12-16H2,1-2H3,(H,25,29). The molecule has 1 fully saturated rings. The molecule has 1 aliphatic heterocycles. The molecule has 4 rings (SSSR count). The van der Waals surface area contributed by atoms with E-state index in [2.05, 4.69) is 19.2 Å². The van der Waals surface area contributed by atoms with Gasteiger partial charge in [0.05, 0.1) is 16.8 Å². The summed E-state index contributed by atoms with van der Waals surface area (Å²) in [5.74, 6) is 1.27. The van der Waals surface area contributed by atoms with Gasteiger partial charge in [-0.25, -0.2) is 4.98 Å². The van der Waals surface area contributed by atoms with E-state index in [1.807, 2.05) is 64.1 Å². The van der Waals surface area contributed by atoms with Crippen molar-refractivity contribution < 1.29 is 9.59 Å². The number of aromatic nitrogens is 2. The number of likely N-dealkylation sites (tertiary alicyclic amines) is 1. The molecule has 6 nitrogen and oxygen atoms in total. The van der Waals surface area contributed by atoms with E-state index in [9.17, 15) is 9.59 Å². The maximum absolute atomic E-state index is 13.1. The number of fused-ring (bicyclic) bond motifs is 1. The van der Waals surface area contributed by atoms with Gasteiger partial charge in [0.1, 0.15) is 6.54 Å². The number of piperidine rings is 1. The number of carbonyl (C=O) groups excluding carboxylic acids is 2. The summed E-state index contributed by atoms with van der Waals surface area (Å²) in [5.41, 5.74) is 2.52. The molecule has 31 heavy (non-hydrogen) atoms. The van der Waals surface area contributed by atoms with Crippen LogP contribution in [0.15, 0.2) is 59.8 Å². The average Bonchev–Trinajstić information content (AvgIpc) is 3.10. The number of thioether (sulfide) groups is 1. The number of carbonyl (C=O) groups is 2. The lowest BCUT2D eigenvalue weighted by Crippen LogP contribution is -2.44. The summed E-state index contributed by atoms with van der Waals surface area (Å²) in [7, 11) is 0. The summed E-state index contributed by atoms with van der Waals surface area (Å²) in [5, 5.41) is 3.59. The van der Waals surface area contributed by atoms with Crippen molar-refractivity contribution in [3.05, 3.63) is 54.6 Å². The maximum atomic E-state index is 13.1. The SMILES string of the molecule is CC1CC(C)CN(C(=O)Cn2c(SCC(=O)Nc3ccccc3)nc3ccccc32)C1. The number of anilines is 1. The van der Waals surface area contributed by atoms with Crippen LogP contribution in [0.5, 0.6) is 0 Å². The second-order valence-corrected chi connectivity index (χ2v) is 9.36. The van der Waals surface area contributed by atoms with Crippen LogP contribution in [0.25, 0.3) is 11.0 Å². The monoisotopic (exact) mass is 436 g/mol. The van der Waals surface area contributed by atoms with E-state index < -0.39 is 0 Å². The van der Waals surface area contributed by atoms with Gasteiger partial charge < -0.3 is 14.8 Å². The fraction of sp³-hybridized carbons (Fsp3) is 0.375. The predicted molar refractivity (Wildman–Crippen MR) is 125 cm³/mol. The molecule has 3 aromatic rings. The van der Waals surface area contributed by atoms with Crippen molar-refractivity contribution in [2.75, 3.05) is 24.2 Å². The van der Waals surface area contributed by atoms with Gasteiger partial charge in [-0.05, 0) is 42.5 Å². The Morgan fingerprint density at radius 3 is 2.45 bits per heavy atom. The van der Waals surface area contributed by atoms with E-state index in [1.165, 1.54) is 11.8 Å². The average molecular weight is 437 g/mol. The Labute approximate surface area is 187 Å². The first kappa shape index (κ1) is 21.4. The van der Waals surface area contributed by atoms with E-state index in [-0.39, 0.29) is 24.1 Å². The van der Waals surface area contributed by atoms with Gasteiger partial charge in [-0.1, -0.05) is 55.9 Å². The lowest BCUT2D eigenvalue weighted by Gasteiger charge is -2.35. The minimum atomic E-state index is -0.0974. The number of nitrogens with one attached hydrogen (secondary N) is 1. The molecular weight excluding hydrogens is 408 g/mol. The van der Waals surface area contributed by atoms with Crippen LogP contribution < -0.4 is 5.32 Å². The van der Waals surface area contributed by atoms with Crippen LogP contribution >= 0.6 is 11.8 Å². The van der Waals surface area contributed by atoms with Gasteiger partial charge in [0, 0.05) is 18.8 Å². The molecule has 1 aromatic heterocycles. The van der Waals surface area contributed by atoms with E-state index >= 15 is 0 Å². The zero-order chi connectivity index (χ0) is 21.8. The summed E-state index contributed by atoms with van der Waals surface area (Å²) in [6.45, 7) is 6.25. The predicted octanol–water partition coefficient (Wildman–Crippen LogP) is 4.27. The van der Waals surface area contributed by atoms with Crippen LogP contribution in [0.1, 0.15) is 20.3 Å². The van der Waals surface area contributed by atoms with E-state index in [0.29, 0.717) is 17.0 Å². The molecule has 162 valence electrons. The highest BCUT2D eigenvalue weighted by atomic mass is 32.2. The Bertz CT molecular complexity index is 1060. The number of hydrogen-bond acceptors (Lipinski definition) is 4. The maximum Gasteiger partial charge on any atom is 0.242 e. The van der Waals surface area contributed by atoms with Gasteiger partial charge in [-0.3, -0.25) is 9.59 Å². The van der Waals surface area contributed by atoms with Crippen LogP contribution in [0.4, 0.5) is 5.69 Å². The number of hydrogen-bond donors (Lipinski definition) is 1. The molecule has 0 radical (unpaired) electrons. The summed E-state index contributed by atoms with van der Waals surface area (Å²) in [6, 6.07) is 17.2. The molecule has 0 aliphatic carbocycles. The van der Waals surface area contributed by atoms with Gasteiger partial charge in [0.25, 0.3) is 0 Å². The van der Waals surface area contributed by atoms with Crippen LogP contribution in [-0.4, -0.2) is 45.1 Å². The number of amides is 2. The van der Waals surface area contributed by atoms with Crippen molar-refractivity contribution in [3.8, 4) is 0 Å². The number of para-hydroxylation sites is 3. The topological polar surface area (TPSA) is 67.2 Å². The van der Waals surface area contributed by atoms with E-state index in [0.717, 1.165) is 36.2 Å². The van der Waals surface area contributed by atoms with Gasteiger partial charge >= 0.3 is 0 Å². The molecular formula is C24H28N4O2S. The van der Waals surface area contributed by atoms with E-state index in [1.54, 1.807) is 0 Å². The molecule has 2 amide bonds. The van der Waals surface area contributed by atoms with Crippen LogP contribution in [0.3, 0.4) is 0 Å². The fourth-order valence-electron chi connectivity index (χ4n) is 4.27. The highest BCUT2D eigenvalue weighted by molar-refractivity contribution is 7.99. The van der Waals surface area contributed by atoms with Crippen molar-refractivity contribution in [3.63, 3.8) is 0 Å². The number of imidazole rings is 1. The van der Waals surface area contributed by atoms with E-state index in [4.69, 9.17) is 4.98 Å². The van der Waals surface area contributed by atoms with Crippen molar-refractivity contribution in [2.45, 2.75) is 32.0 Å². The van der Waals surface area contributed by atoms with Crippen LogP contribution in [0.2, 0.25) is 0 Å². The molecule has 1 aliphatic rings. The zero-order valence-electron chi connectivity index (χ0n) is 18.0. The summed E-state index contributed by atoms with van der Waals surface area (Å²) >= 11 is 1.36. The Morgan fingerprint density at radius 2 is 1.71 bits per heavy atom.